The van der Waals surface area contributed by atoms with Gasteiger partial charge in [0.25, 0.3) is 0 Å². The Hall–Kier alpha value is -2.00. The van der Waals surface area contributed by atoms with Gasteiger partial charge in [0, 0.05) is 27.7 Å². The predicted molar refractivity (Wildman–Crippen MR) is 138 cm³/mol. The van der Waals surface area contributed by atoms with E-state index in [-0.39, 0.29) is 24.2 Å². The lowest BCUT2D eigenvalue weighted by molar-refractivity contribution is -0.139. The summed E-state index contributed by atoms with van der Waals surface area (Å²) in [6.45, 7) is 6.32. The molecule has 0 spiro atoms. The summed E-state index contributed by atoms with van der Waals surface area (Å²) in [6, 6.07) is 8.60. The maximum Gasteiger partial charge on any atom is 0.244 e. The van der Waals surface area contributed by atoms with Crippen molar-refractivity contribution in [3.8, 4) is 0 Å². The molecule has 0 aliphatic rings. The summed E-state index contributed by atoms with van der Waals surface area (Å²) in [7, 11) is -3.85. The highest BCUT2D eigenvalue weighted by molar-refractivity contribution is 7.92. The second-order valence-corrected chi connectivity index (χ2v) is 11.4. The quantitative estimate of drug-likeness (QED) is 0.494. The molecule has 0 unspecified atom stereocenters. The first kappa shape index (κ1) is 28.2. The summed E-state index contributed by atoms with van der Waals surface area (Å²) in [5.41, 5.74) is 1.36. The first-order valence-corrected chi connectivity index (χ1v) is 13.5. The maximum atomic E-state index is 13.5. The Balaban J connectivity index is 2.47. The molecular weight excluding hydrogens is 521 g/mol. The van der Waals surface area contributed by atoms with Crippen molar-refractivity contribution in [1.82, 2.24) is 10.2 Å². The minimum Gasteiger partial charge on any atom is -0.352 e. The van der Waals surface area contributed by atoms with Crippen molar-refractivity contribution in [3.63, 3.8) is 0 Å². The molecule has 0 heterocycles. The van der Waals surface area contributed by atoms with Gasteiger partial charge in [-0.15, -0.1) is 0 Å². The van der Waals surface area contributed by atoms with E-state index in [4.69, 9.17) is 34.8 Å². The number of nitrogens with one attached hydrogen (secondary N) is 1. The normalized spacial score (nSPS) is 12.4. The third-order valence-corrected chi connectivity index (χ3v) is 7.26. The Morgan fingerprint density at radius 1 is 1.03 bits per heavy atom. The topological polar surface area (TPSA) is 86.8 Å². The maximum absolute atomic E-state index is 13.5. The minimum absolute atomic E-state index is 0.0202. The number of nitrogens with zero attached hydrogens (tertiary/aromatic N) is 2. The van der Waals surface area contributed by atoms with Crippen molar-refractivity contribution in [2.45, 2.75) is 46.3 Å². The zero-order valence-electron chi connectivity index (χ0n) is 19.6. The molecule has 0 bridgehead atoms. The fourth-order valence-electron chi connectivity index (χ4n) is 3.28. The fourth-order valence-corrected chi connectivity index (χ4v) is 4.82. The molecule has 186 valence electrons. The van der Waals surface area contributed by atoms with Gasteiger partial charge in [0.15, 0.2) is 0 Å². The number of anilines is 1. The fraction of sp³-hybridized carbons (Fsp3) is 0.391. The lowest BCUT2D eigenvalue weighted by atomic mass is 10.1. The summed E-state index contributed by atoms with van der Waals surface area (Å²) in [4.78, 5) is 27.6. The van der Waals surface area contributed by atoms with E-state index in [0.29, 0.717) is 26.2 Å². The molecule has 1 atom stereocenters. The number of amides is 2. The summed E-state index contributed by atoms with van der Waals surface area (Å²) in [5.74, 6) is -0.958. The van der Waals surface area contributed by atoms with E-state index in [0.717, 1.165) is 10.6 Å². The summed E-state index contributed by atoms with van der Waals surface area (Å²) in [6.07, 6.45) is 1.01. The zero-order chi connectivity index (χ0) is 25.8. The number of hydrogen-bond donors (Lipinski definition) is 1. The van der Waals surface area contributed by atoms with E-state index in [1.165, 1.54) is 11.0 Å². The van der Waals surface area contributed by atoms with E-state index in [9.17, 15) is 18.0 Å². The van der Waals surface area contributed by atoms with Crippen molar-refractivity contribution < 1.29 is 18.0 Å². The lowest BCUT2D eigenvalue weighted by Gasteiger charge is -2.32. The van der Waals surface area contributed by atoms with Crippen LogP contribution in [0.5, 0.6) is 0 Å². The largest absolute Gasteiger partial charge is 0.352 e. The first-order chi connectivity index (χ1) is 15.7. The molecule has 0 saturated heterocycles. The number of benzene rings is 2. The summed E-state index contributed by atoms with van der Waals surface area (Å²) >= 11 is 18.5. The zero-order valence-corrected chi connectivity index (χ0v) is 22.7. The van der Waals surface area contributed by atoms with Gasteiger partial charge in [-0.1, -0.05) is 46.9 Å². The van der Waals surface area contributed by atoms with Gasteiger partial charge < -0.3 is 10.2 Å². The van der Waals surface area contributed by atoms with Crippen LogP contribution < -0.4 is 9.62 Å². The molecule has 0 radical (unpaired) electrons. The number of halogens is 3. The van der Waals surface area contributed by atoms with Crippen molar-refractivity contribution in [2.24, 2.45) is 0 Å². The van der Waals surface area contributed by atoms with E-state index in [1.54, 1.807) is 58.0 Å². The molecule has 0 aliphatic carbocycles. The highest BCUT2D eigenvalue weighted by Gasteiger charge is 2.31. The summed E-state index contributed by atoms with van der Waals surface area (Å²) < 4.78 is 26.3. The molecule has 2 rings (SSSR count). The van der Waals surface area contributed by atoms with Crippen molar-refractivity contribution in [2.75, 3.05) is 17.1 Å². The molecule has 0 aliphatic heterocycles. The Morgan fingerprint density at radius 3 is 2.24 bits per heavy atom. The molecule has 2 aromatic carbocycles. The van der Waals surface area contributed by atoms with Gasteiger partial charge in [-0.2, -0.15) is 0 Å². The van der Waals surface area contributed by atoms with E-state index < -0.39 is 28.5 Å². The summed E-state index contributed by atoms with van der Waals surface area (Å²) in [5, 5.41) is 3.91. The van der Waals surface area contributed by atoms with E-state index >= 15 is 0 Å². The Morgan fingerprint density at radius 2 is 1.68 bits per heavy atom. The molecule has 11 heteroatoms. The van der Waals surface area contributed by atoms with Crippen LogP contribution in [0.4, 0.5) is 5.69 Å². The van der Waals surface area contributed by atoms with Gasteiger partial charge in [0.1, 0.15) is 12.6 Å². The van der Waals surface area contributed by atoms with Gasteiger partial charge >= 0.3 is 0 Å². The Labute approximate surface area is 216 Å². The Kier molecular flexibility index (Phi) is 9.65. The lowest BCUT2D eigenvalue weighted by Crippen LogP contribution is -2.52. The van der Waals surface area contributed by atoms with Gasteiger partial charge in [-0.25, -0.2) is 8.42 Å². The van der Waals surface area contributed by atoms with Crippen LogP contribution in [0.25, 0.3) is 0 Å². The Bertz CT molecular complexity index is 1170. The molecule has 34 heavy (non-hydrogen) atoms. The van der Waals surface area contributed by atoms with Gasteiger partial charge in [0.2, 0.25) is 21.8 Å². The third-order valence-electron chi connectivity index (χ3n) is 5.14. The highest BCUT2D eigenvalue weighted by atomic mass is 35.5. The molecule has 0 aromatic heterocycles. The van der Waals surface area contributed by atoms with Gasteiger partial charge in [-0.3, -0.25) is 13.9 Å². The molecule has 2 amide bonds. The van der Waals surface area contributed by atoms with Crippen LogP contribution >= 0.6 is 34.8 Å². The van der Waals surface area contributed by atoms with Crippen LogP contribution in [0.15, 0.2) is 36.4 Å². The smallest absolute Gasteiger partial charge is 0.244 e. The number of rotatable bonds is 9. The number of carbonyl (C=O) groups excluding carboxylic acids is 2. The van der Waals surface area contributed by atoms with Crippen LogP contribution in [0.2, 0.25) is 15.1 Å². The molecular formula is C23H28Cl3N3O4S. The highest BCUT2D eigenvalue weighted by Crippen LogP contribution is 2.29. The van der Waals surface area contributed by atoms with Crippen LogP contribution in [0.1, 0.15) is 31.9 Å². The first-order valence-electron chi connectivity index (χ1n) is 10.5. The molecule has 0 fully saturated rings. The second kappa shape index (κ2) is 11.6. The van der Waals surface area contributed by atoms with Gasteiger partial charge in [0.05, 0.1) is 11.9 Å². The molecule has 0 saturated carbocycles. The number of carbonyl (C=O) groups is 2. The molecule has 2 aromatic rings. The standard InChI is InChI=1S/C23H28Cl3N3O4S/c1-14(2)27-23(31)16(4)28(12-17-9-10-18(24)11-20(17)26)22(30)13-29(34(5,32)33)21-8-6-7-19(25)15(21)3/h6-11,14,16H,12-13H2,1-5H3,(H,27,31)/t16-/m0/s1. The van der Waals surface area contributed by atoms with Crippen LogP contribution in [-0.2, 0) is 26.2 Å². The second-order valence-electron chi connectivity index (χ2n) is 8.25. The third kappa shape index (κ3) is 7.25. The van der Waals surface area contributed by atoms with Gasteiger partial charge in [-0.05, 0) is 63.1 Å². The average Bonchev–Trinajstić information content (AvgIpc) is 2.72. The van der Waals surface area contributed by atoms with Crippen molar-refractivity contribution in [1.29, 1.82) is 0 Å². The monoisotopic (exact) mass is 547 g/mol. The van der Waals surface area contributed by atoms with E-state index in [2.05, 4.69) is 5.32 Å². The van der Waals surface area contributed by atoms with Crippen molar-refractivity contribution in [3.05, 3.63) is 62.6 Å². The van der Waals surface area contributed by atoms with Crippen molar-refractivity contribution >= 4 is 62.3 Å². The van der Waals surface area contributed by atoms with Crippen LogP contribution in [0.3, 0.4) is 0 Å². The number of sulfonamides is 1. The van der Waals surface area contributed by atoms with Crippen LogP contribution in [-0.4, -0.2) is 50.0 Å². The molecule has 7 nitrogen and oxygen atoms in total. The average molecular weight is 549 g/mol. The predicted octanol–water partition coefficient (Wildman–Crippen LogP) is 4.66. The van der Waals surface area contributed by atoms with Crippen LogP contribution in [0, 0.1) is 6.92 Å². The SMILES string of the molecule is Cc1c(Cl)cccc1N(CC(=O)N(Cc1ccc(Cl)cc1Cl)[C@@H](C)C(=O)NC(C)C)S(C)(=O)=O. The number of hydrogen-bond acceptors (Lipinski definition) is 4. The molecule has 1 N–H and O–H groups in total. The van der Waals surface area contributed by atoms with E-state index in [1.807, 2.05) is 0 Å². The minimum atomic E-state index is -3.85.